The minimum Gasteiger partial charge on any atom is -0.0654 e. The van der Waals surface area contributed by atoms with Crippen LogP contribution in [0.4, 0.5) is 0 Å². The van der Waals surface area contributed by atoms with Gasteiger partial charge in [0.15, 0.2) is 0 Å². The maximum absolute atomic E-state index is 2.42. The molecule has 2 aromatic carbocycles. The molecule has 0 spiro atoms. The van der Waals surface area contributed by atoms with Gasteiger partial charge in [0.2, 0.25) is 0 Å². The quantitative estimate of drug-likeness (QED) is 0.607. The molecule has 0 N–H and O–H groups in total. The molecule has 0 amide bonds. The summed E-state index contributed by atoms with van der Waals surface area (Å²) in [5, 5.41) is 0. The van der Waals surface area contributed by atoms with E-state index in [4.69, 9.17) is 0 Å². The highest BCUT2D eigenvalue weighted by Gasteiger charge is 2.49. The Morgan fingerprint density at radius 3 is 1.95 bits per heavy atom. The van der Waals surface area contributed by atoms with Crippen molar-refractivity contribution in [2.24, 2.45) is 0 Å². The minimum absolute atomic E-state index is 0.783. The number of fused-ring (bicyclic) bond motifs is 3. The number of unbranched alkanes of at least 4 members (excludes halogenated alkanes) is 1. The number of benzene rings is 2. The predicted molar refractivity (Wildman–Crippen MR) is 93.4 cm³/mol. The van der Waals surface area contributed by atoms with Gasteiger partial charge in [-0.2, -0.15) is 0 Å². The van der Waals surface area contributed by atoms with E-state index in [0.717, 1.165) is 5.54 Å². The van der Waals surface area contributed by atoms with Crippen molar-refractivity contribution < 1.29 is 0 Å². The smallest absolute Gasteiger partial charge is 0.0654 e. The Balaban J connectivity index is 1.85. The molecule has 0 saturated carbocycles. The average Bonchev–Trinajstić information content (AvgIpc) is 2.82. The molecule has 1 heterocycles. The first-order chi connectivity index (χ1) is 10.4. The van der Waals surface area contributed by atoms with Crippen LogP contribution in [0.2, 0.25) is 18.1 Å². The highest BCUT2D eigenvalue weighted by molar-refractivity contribution is 6.84. The predicted octanol–water partition coefficient (Wildman–Crippen LogP) is 5.99. The topological polar surface area (TPSA) is 0 Å². The highest BCUT2D eigenvalue weighted by atomic mass is 28.3. The summed E-state index contributed by atoms with van der Waals surface area (Å²) in [5.41, 5.74) is 7.13. The Morgan fingerprint density at radius 1 is 0.905 bits per heavy atom. The lowest BCUT2D eigenvalue weighted by Crippen LogP contribution is -2.47. The second kappa shape index (κ2) is 5.13. The van der Waals surface area contributed by atoms with Crippen molar-refractivity contribution in [3.05, 3.63) is 59.7 Å². The van der Waals surface area contributed by atoms with Crippen LogP contribution in [0.15, 0.2) is 48.5 Å². The normalized spacial score (nSPS) is 18.9. The SMILES string of the molecule is CCCC[Si]1(C2c3ccccc3-c3ccccc32)CCC1. The van der Waals surface area contributed by atoms with E-state index in [1.54, 1.807) is 23.2 Å². The molecule has 1 saturated heterocycles. The first kappa shape index (κ1) is 13.3. The standard InChI is InChI=1S/C20H24Si/c1-2-3-13-21(14-8-15-21)20-18-11-6-4-9-16(18)17-10-5-7-12-19(17)20/h4-7,9-12,20H,2-3,8,13-15H2,1H3. The van der Waals surface area contributed by atoms with Gasteiger partial charge >= 0.3 is 0 Å². The average molecular weight is 292 g/mol. The van der Waals surface area contributed by atoms with E-state index in [2.05, 4.69) is 55.5 Å². The van der Waals surface area contributed by atoms with Gasteiger partial charge in [-0.15, -0.1) is 0 Å². The van der Waals surface area contributed by atoms with Crippen LogP contribution >= 0.6 is 0 Å². The van der Waals surface area contributed by atoms with Crippen LogP contribution in [0.25, 0.3) is 11.1 Å². The van der Waals surface area contributed by atoms with Crippen LogP contribution in [0, 0.1) is 0 Å². The van der Waals surface area contributed by atoms with Crippen molar-refractivity contribution in [1.29, 1.82) is 0 Å². The number of hydrogen-bond acceptors (Lipinski definition) is 0. The summed E-state index contributed by atoms with van der Waals surface area (Å²) in [7, 11) is -1.13. The molecule has 21 heavy (non-hydrogen) atoms. The first-order valence-electron chi connectivity index (χ1n) is 8.54. The second-order valence-corrected chi connectivity index (χ2v) is 11.7. The minimum atomic E-state index is -1.13. The number of rotatable bonds is 4. The summed E-state index contributed by atoms with van der Waals surface area (Å²) in [5.74, 6) is 0. The molecular weight excluding hydrogens is 268 g/mol. The van der Waals surface area contributed by atoms with Crippen LogP contribution in [0.3, 0.4) is 0 Å². The molecule has 108 valence electrons. The van der Waals surface area contributed by atoms with Crippen molar-refractivity contribution >= 4 is 8.07 Å². The van der Waals surface area contributed by atoms with Crippen LogP contribution in [0.1, 0.15) is 42.9 Å². The van der Waals surface area contributed by atoms with Crippen LogP contribution in [-0.2, 0) is 0 Å². The third-order valence-electron chi connectivity index (χ3n) is 5.82. The molecule has 2 aliphatic rings. The van der Waals surface area contributed by atoms with Crippen molar-refractivity contribution in [2.75, 3.05) is 0 Å². The molecule has 0 nitrogen and oxygen atoms in total. The van der Waals surface area contributed by atoms with Gasteiger partial charge in [-0.05, 0) is 22.3 Å². The third-order valence-corrected chi connectivity index (χ3v) is 11.7. The van der Waals surface area contributed by atoms with Gasteiger partial charge in [-0.1, -0.05) is 92.8 Å². The van der Waals surface area contributed by atoms with Crippen molar-refractivity contribution in [1.82, 2.24) is 0 Å². The molecule has 0 radical (unpaired) electrons. The molecule has 1 heteroatoms. The fourth-order valence-corrected chi connectivity index (χ4v) is 10.2. The molecule has 0 unspecified atom stereocenters. The first-order valence-corrected chi connectivity index (χ1v) is 11.2. The summed E-state index contributed by atoms with van der Waals surface area (Å²) in [6.07, 6.45) is 4.27. The van der Waals surface area contributed by atoms with Gasteiger partial charge in [-0.25, -0.2) is 0 Å². The molecule has 0 atom stereocenters. The Kier molecular flexibility index (Phi) is 3.26. The third kappa shape index (κ3) is 1.94. The fraction of sp³-hybridized carbons (Fsp3) is 0.400. The summed E-state index contributed by atoms with van der Waals surface area (Å²) in [6, 6.07) is 23.1. The maximum atomic E-state index is 2.42. The fourth-order valence-electron chi connectivity index (χ4n) is 4.66. The molecule has 0 aromatic heterocycles. The van der Waals surface area contributed by atoms with E-state index in [0.29, 0.717) is 0 Å². The van der Waals surface area contributed by atoms with Gasteiger partial charge in [-0.3, -0.25) is 0 Å². The summed E-state index contributed by atoms with van der Waals surface area (Å²) < 4.78 is 0. The summed E-state index contributed by atoms with van der Waals surface area (Å²) >= 11 is 0. The van der Waals surface area contributed by atoms with Gasteiger partial charge in [0.05, 0.1) is 8.07 Å². The lowest BCUT2D eigenvalue weighted by atomic mass is 10.1. The molecule has 1 fully saturated rings. The molecule has 0 bridgehead atoms. The summed E-state index contributed by atoms with van der Waals surface area (Å²) in [4.78, 5) is 0. The van der Waals surface area contributed by atoms with Gasteiger partial charge in [0.25, 0.3) is 0 Å². The summed E-state index contributed by atoms with van der Waals surface area (Å²) in [6.45, 7) is 2.34. The maximum Gasteiger partial charge on any atom is 0.0665 e. The lowest BCUT2D eigenvalue weighted by molar-refractivity contribution is 0.772. The second-order valence-electron chi connectivity index (χ2n) is 6.93. The Morgan fingerprint density at radius 2 is 1.48 bits per heavy atom. The van der Waals surface area contributed by atoms with E-state index >= 15 is 0 Å². The highest BCUT2D eigenvalue weighted by Crippen LogP contribution is 2.56. The van der Waals surface area contributed by atoms with E-state index < -0.39 is 8.07 Å². The van der Waals surface area contributed by atoms with E-state index in [1.165, 1.54) is 36.4 Å². The lowest BCUT2D eigenvalue weighted by Gasteiger charge is -2.46. The Labute approximate surface area is 129 Å². The van der Waals surface area contributed by atoms with Crippen LogP contribution in [-0.4, -0.2) is 8.07 Å². The molecule has 1 aliphatic heterocycles. The van der Waals surface area contributed by atoms with Gasteiger partial charge in [0, 0.05) is 5.54 Å². The largest absolute Gasteiger partial charge is 0.0665 e. The molecule has 4 rings (SSSR count). The van der Waals surface area contributed by atoms with Gasteiger partial charge in [0.1, 0.15) is 0 Å². The zero-order valence-electron chi connectivity index (χ0n) is 12.9. The van der Waals surface area contributed by atoms with Crippen molar-refractivity contribution in [3.8, 4) is 11.1 Å². The Bertz CT molecular complexity index is 609. The van der Waals surface area contributed by atoms with E-state index in [-0.39, 0.29) is 0 Å². The monoisotopic (exact) mass is 292 g/mol. The number of hydrogen-bond donors (Lipinski definition) is 0. The molecule has 1 aliphatic carbocycles. The molecular formula is C20H24Si. The Hall–Kier alpha value is -1.34. The zero-order valence-corrected chi connectivity index (χ0v) is 13.9. The van der Waals surface area contributed by atoms with Crippen LogP contribution in [0.5, 0.6) is 0 Å². The molecule has 2 aromatic rings. The van der Waals surface area contributed by atoms with E-state index in [9.17, 15) is 0 Å². The van der Waals surface area contributed by atoms with E-state index in [1.807, 2.05) is 0 Å². The van der Waals surface area contributed by atoms with Gasteiger partial charge < -0.3 is 0 Å². The van der Waals surface area contributed by atoms with Crippen LogP contribution < -0.4 is 0 Å². The van der Waals surface area contributed by atoms with Crippen molar-refractivity contribution in [3.63, 3.8) is 0 Å². The zero-order chi connectivity index (χ0) is 14.3. The van der Waals surface area contributed by atoms with Crippen molar-refractivity contribution in [2.45, 2.75) is 49.9 Å².